The van der Waals surface area contributed by atoms with Crippen LogP contribution in [-0.4, -0.2) is 69.1 Å². The van der Waals surface area contributed by atoms with E-state index >= 15 is 0 Å². The van der Waals surface area contributed by atoms with Gasteiger partial charge in [0.25, 0.3) is 5.91 Å². The minimum atomic E-state index is -4.09. The fourth-order valence-electron chi connectivity index (χ4n) is 4.96. The van der Waals surface area contributed by atoms with E-state index in [-0.39, 0.29) is 23.6 Å². The number of benzene rings is 2. The van der Waals surface area contributed by atoms with Gasteiger partial charge in [0.05, 0.1) is 18.1 Å². The summed E-state index contributed by atoms with van der Waals surface area (Å²) in [5.74, 6) is -0.628. The Morgan fingerprint density at radius 3 is 2.50 bits per heavy atom. The van der Waals surface area contributed by atoms with Gasteiger partial charge in [-0.15, -0.1) is 11.3 Å². The fraction of sp³-hybridized carbons (Fsp3) is 0.414. The topological polar surface area (TPSA) is 105 Å². The summed E-state index contributed by atoms with van der Waals surface area (Å²) < 4.78 is 50.7. The fourth-order valence-corrected chi connectivity index (χ4v) is 7.85. The predicted molar refractivity (Wildman–Crippen MR) is 152 cm³/mol. The quantitative estimate of drug-likeness (QED) is 0.180. The summed E-state index contributed by atoms with van der Waals surface area (Å²) in [6.45, 7) is 4.21. The van der Waals surface area contributed by atoms with Crippen LogP contribution in [0.25, 0.3) is 11.1 Å². The molecule has 2 N–H and O–H groups in total. The Morgan fingerprint density at radius 2 is 1.85 bits per heavy atom. The first-order valence-corrected chi connectivity index (χ1v) is 15.5. The van der Waals surface area contributed by atoms with E-state index in [1.165, 1.54) is 18.2 Å². The van der Waals surface area contributed by atoms with Crippen LogP contribution in [0.1, 0.15) is 29.7 Å². The van der Waals surface area contributed by atoms with Gasteiger partial charge in [-0.25, -0.2) is 18.3 Å². The first-order valence-electron chi connectivity index (χ1n) is 13.2. The second kappa shape index (κ2) is 13.2. The van der Waals surface area contributed by atoms with Gasteiger partial charge in [-0.1, -0.05) is 12.1 Å². The highest BCUT2D eigenvalue weighted by atomic mass is 32.2. The molecule has 0 unspecified atom stereocenters. The van der Waals surface area contributed by atoms with Gasteiger partial charge in [0.2, 0.25) is 0 Å². The van der Waals surface area contributed by atoms with Crippen molar-refractivity contribution in [3.8, 4) is 16.9 Å². The predicted octanol–water partition coefficient (Wildman–Crippen LogP) is 4.63. The molecule has 8 nitrogen and oxygen atoms in total. The normalized spacial score (nSPS) is 15.6. The highest BCUT2D eigenvalue weighted by Gasteiger charge is 2.52. The molecule has 2 heterocycles. The molecule has 1 aliphatic rings. The number of hydrogen-bond acceptors (Lipinski definition) is 8. The third kappa shape index (κ3) is 6.55. The molecule has 1 amide bonds. The lowest BCUT2D eigenvalue weighted by Gasteiger charge is -2.39. The average molecular weight is 591 g/mol. The molecule has 1 fully saturated rings. The van der Waals surface area contributed by atoms with Crippen molar-refractivity contribution in [3.63, 3.8) is 0 Å². The largest absolute Gasteiger partial charge is 0.494 e. The van der Waals surface area contributed by atoms with Crippen molar-refractivity contribution in [2.24, 2.45) is 0 Å². The van der Waals surface area contributed by atoms with Crippen LogP contribution < -0.4 is 10.2 Å². The minimum Gasteiger partial charge on any atom is -0.494 e. The number of carbonyl (C=O) groups is 1. The molecule has 0 saturated carbocycles. The molecule has 1 saturated heterocycles. The maximum absolute atomic E-state index is 14.3. The molecule has 40 heavy (non-hydrogen) atoms. The van der Waals surface area contributed by atoms with E-state index in [0.29, 0.717) is 44.2 Å². The van der Waals surface area contributed by atoms with E-state index in [4.69, 9.17) is 9.47 Å². The Kier molecular flexibility index (Phi) is 9.96. The Hall–Kier alpha value is -2.83. The highest BCUT2D eigenvalue weighted by molar-refractivity contribution is 7.93. The van der Waals surface area contributed by atoms with Gasteiger partial charge >= 0.3 is 0 Å². The smallest absolute Gasteiger partial charge is 0.265 e. The molecule has 0 atom stereocenters. The number of methoxy groups -OCH3 is 1. The number of nitrogens with zero attached hydrogens (tertiary/aromatic N) is 1. The van der Waals surface area contributed by atoms with Crippen LogP contribution in [0.15, 0.2) is 58.8 Å². The third-order valence-electron chi connectivity index (χ3n) is 7.36. The molecule has 0 bridgehead atoms. The molecule has 216 valence electrons. The highest BCUT2D eigenvalue weighted by Crippen LogP contribution is 2.36. The lowest BCUT2D eigenvalue weighted by molar-refractivity contribution is -0.133. The molecule has 0 spiro atoms. The number of sulfone groups is 1. The molecule has 3 aromatic rings. The summed E-state index contributed by atoms with van der Waals surface area (Å²) in [4.78, 5) is 15.8. The van der Waals surface area contributed by atoms with Gasteiger partial charge < -0.3 is 14.4 Å². The van der Waals surface area contributed by atoms with Crippen LogP contribution in [-0.2, 0) is 25.8 Å². The van der Waals surface area contributed by atoms with Crippen molar-refractivity contribution < 1.29 is 32.3 Å². The second-order valence-corrected chi connectivity index (χ2v) is 13.2. The summed E-state index contributed by atoms with van der Waals surface area (Å²) in [5.41, 5.74) is 3.92. The molecule has 1 aromatic heterocycles. The van der Waals surface area contributed by atoms with Crippen LogP contribution in [0.5, 0.6) is 5.75 Å². The Labute approximate surface area is 238 Å². The molecular formula is C29H35FN2O6S2. The van der Waals surface area contributed by atoms with Gasteiger partial charge in [0, 0.05) is 37.2 Å². The number of nitrogens with one attached hydrogen (secondary N) is 1. The van der Waals surface area contributed by atoms with Crippen LogP contribution in [0.2, 0.25) is 0 Å². The minimum absolute atomic E-state index is 0.00300. The van der Waals surface area contributed by atoms with Crippen molar-refractivity contribution in [2.75, 3.05) is 40.0 Å². The zero-order valence-corrected chi connectivity index (χ0v) is 24.3. The molecule has 4 rings (SSSR count). The monoisotopic (exact) mass is 590 g/mol. The molecule has 0 aliphatic carbocycles. The summed E-state index contributed by atoms with van der Waals surface area (Å²) in [7, 11) is -2.50. The average Bonchev–Trinajstić information content (AvgIpc) is 3.42. The number of amides is 1. The lowest BCUT2D eigenvalue weighted by atomic mass is 9.95. The van der Waals surface area contributed by atoms with Gasteiger partial charge in [-0.05, 0) is 85.5 Å². The summed E-state index contributed by atoms with van der Waals surface area (Å²) in [5, 5.41) is 11.3. The van der Waals surface area contributed by atoms with Crippen LogP contribution >= 0.6 is 11.3 Å². The number of rotatable bonds is 12. The van der Waals surface area contributed by atoms with Gasteiger partial charge in [-0.3, -0.25) is 10.0 Å². The molecular weight excluding hydrogens is 555 g/mol. The van der Waals surface area contributed by atoms with E-state index in [0.717, 1.165) is 28.8 Å². The summed E-state index contributed by atoms with van der Waals surface area (Å²) in [6, 6.07) is 13.3. The summed E-state index contributed by atoms with van der Waals surface area (Å²) in [6.07, 6.45) is 1.62. The van der Waals surface area contributed by atoms with Crippen molar-refractivity contribution in [3.05, 3.63) is 70.2 Å². The van der Waals surface area contributed by atoms with Crippen molar-refractivity contribution in [1.82, 2.24) is 10.4 Å². The Balaban J connectivity index is 1.34. The Morgan fingerprint density at radius 1 is 1.12 bits per heavy atom. The van der Waals surface area contributed by atoms with Gasteiger partial charge in [-0.2, -0.15) is 0 Å². The zero-order chi connectivity index (χ0) is 28.8. The van der Waals surface area contributed by atoms with Gasteiger partial charge in [0.1, 0.15) is 11.6 Å². The molecule has 2 aromatic carbocycles. The van der Waals surface area contributed by atoms with Gasteiger partial charge in [0.15, 0.2) is 14.6 Å². The van der Waals surface area contributed by atoms with Crippen LogP contribution in [0.4, 0.5) is 4.39 Å². The standard InChI is InChI=1S/C29H35FN2O6S2/c1-21-5-10-26(27(30)18-21)22-19-24(39-20-22)4-3-16-38-23-6-8-25(9-7-23)40(35,36)29(28(33)31-34)11-13-32(14-12-29)15-17-37-2/h5-10,18-20,34H,3-4,11-17H2,1-2H3,(H,31,33). The van der Waals surface area contributed by atoms with E-state index in [1.807, 2.05) is 29.3 Å². The van der Waals surface area contributed by atoms with Crippen molar-refractivity contribution in [1.29, 1.82) is 0 Å². The summed E-state index contributed by atoms with van der Waals surface area (Å²) >= 11 is 1.58. The van der Waals surface area contributed by atoms with Crippen molar-refractivity contribution in [2.45, 2.75) is 42.2 Å². The van der Waals surface area contributed by atoms with Crippen molar-refractivity contribution >= 4 is 27.1 Å². The number of hydroxylamine groups is 1. The Bertz CT molecular complexity index is 1400. The van der Waals surface area contributed by atoms with Crippen LogP contribution in [0.3, 0.4) is 0 Å². The maximum Gasteiger partial charge on any atom is 0.265 e. The molecule has 1 aliphatic heterocycles. The SMILES string of the molecule is COCCN1CCC(C(=O)NO)(S(=O)(=O)c2ccc(OCCCc3cc(-c4ccc(C)cc4F)cs3)cc2)CC1. The lowest BCUT2D eigenvalue weighted by Crippen LogP contribution is -2.57. The molecule has 0 radical (unpaired) electrons. The number of hydrogen-bond donors (Lipinski definition) is 2. The van der Waals surface area contributed by atoms with E-state index in [9.17, 15) is 22.8 Å². The third-order valence-corrected chi connectivity index (χ3v) is 10.9. The first kappa shape index (κ1) is 30.1. The second-order valence-electron chi connectivity index (χ2n) is 9.98. The number of halogens is 1. The number of carbonyl (C=O) groups excluding carboxylic acids is 1. The van der Waals surface area contributed by atoms with E-state index in [1.54, 1.807) is 42.1 Å². The number of likely N-dealkylation sites (tertiary alicyclic amines) is 1. The zero-order valence-electron chi connectivity index (χ0n) is 22.7. The molecule has 11 heteroatoms. The van der Waals surface area contributed by atoms with Crippen LogP contribution in [0, 0.1) is 12.7 Å². The maximum atomic E-state index is 14.3. The van der Waals surface area contributed by atoms with E-state index < -0.39 is 20.5 Å². The first-order chi connectivity index (χ1) is 19.2. The number of aryl methyl sites for hydroxylation is 2. The van der Waals surface area contributed by atoms with E-state index in [2.05, 4.69) is 0 Å². The number of ether oxygens (including phenoxy) is 2. The number of piperidine rings is 1. The number of thiophene rings is 1.